The van der Waals surface area contributed by atoms with Gasteiger partial charge in [0.1, 0.15) is 11.2 Å². The van der Waals surface area contributed by atoms with Crippen LogP contribution in [0.15, 0.2) is 53.1 Å². The Morgan fingerprint density at radius 3 is 2.48 bits per heavy atom. The summed E-state index contributed by atoms with van der Waals surface area (Å²) in [5.41, 5.74) is -0.125. The molecule has 0 aliphatic carbocycles. The number of aliphatic carboxylic acids is 1. The summed E-state index contributed by atoms with van der Waals surface area (Å²) in [4.78, 5) is 13.9. The van der Waals surface area contributed by atoms with Crippen LogP contribution in [0.3, 0.4) is 0 Å². The molecule has 0 radical (unpaired) electrons. The quantitative estimate of drug-likeness (QED) is 0.850. The lowest BCUT2D eigenvalue weighted by atomic mass is 9.82. The van der Waals surface area contributed by atoms with Crippen molar-refractivity contribution >= 4 is 5.97 Å². The molecule has 4 nitrogen and oxygen atoms in total. The molecule has 21 heavy (non-hydrogen) atoms. The lowest BCUT2D eigenvalue weighted by Crippen LogP contribution is -2.44. The Labute approximate surface area is 125 Å². The molecule has 4 heteroatoms. The Balaban J connectivity index is 2.20. The van der Waals surface area contributed by atoms with E-state index in [1.54, 1.807) is 13.2 Å². The summed E-state index contributed by atoms with van der Waals surface area (Å²) in [5.74, 6) is 0.0317. The van der Waals surface area contributed by atoms with Crippen LogP contribution in [0.1, 0.15) is 25.2 Å². The average molecular weight is 287 g/mol. The third kappa shape index (κ3) is 3.52. The molecular weight excluding hydrogens is 266 g/mol. The smallest absolute Gasteiger partial charge is 0.315 e. The van der Waals surface area contributed by atoms with Crippen molar-refractivity contribution in [2.24, 2.45) is 0 Å². The Hall–Kier alpha value is -2.07. The van der Waals surface area contributed by atoms with Crippen molar-refractivity contribution in [3.8, 4) is 0 Å². The van der Waals surface area contributed by atoms with Crippen molar-refractivity contribution in [2.45, 2.75) is 25.8 Å². The highest BCUT2D eigenvalue weighted by Crippen LogP contribution is 2.26. The van der Waals surface area contributed by atoms with Gasteiger partial charge in [0.2, 0.25) is 0 Å². The highest BCUT2D eigenvalue weighted by molar-refractivity contribution is 5.81. The van der Waals surface area contributed by atoms with Crippen molar-refractivity contribution in [1.82, 2.24) is 4.90 Å². The van der Waals surface area contributed by atoms with Gasteiger partial charge in [-0.15, -0.1) is 0 Å². The normalized spacial score (nSPS) is 14.0. The monoisotopic (exact) mass is 287 g/mol. The third-order valence-electron chi connectivity index (χ3n) is 3.83. The molecule has 0 saturated carbocycles. The summed E-state index contributed by atoms with van der Waals surface area (Å²) in [6.45, 7) is 5.60. The van der Waals surface area contributed by atoms with Crippen LogP contribution in [0.2, 0.25) is 0 Å². The summed E-state index contributed by atoms with van der Waals surface area (Å²) in [5, 5.41) is 9.71. The average Bonchev–Trinajstić information content (AvgIpc) is 3.00. The first kappa shape index (κ1) is 15.3. The van der Waals surface area contributed by atoms with Crippen molar-refractivity contribution in [3.63, 3.8) is 0 Å². The molecule has 0 aliphatic heterocycles. The molecular formula is C17H21NO3. The van der Waals surface area contributed by atoms with Crippen molar-refractivity contribution in [2.75, 3.05) is 13.1 Å². The Morgan fingerprint density at radius 2 is 1.95 bits per heavy atom. The molecule has 0 spiro atoms. The first-order valence-electron chi connectivity index (χ1n) is 7.10. The molecule has 1 N–H and O–H groups in total. The number of rotatable bonds is 7. The van der Waals surface area contributed by atoms with Gasteiger partial charge in [-0.05, 0) is 31.2 Å². The van der Waals surface area contributed by atoms with Crippen LogP contribution in [-0.2, 0) is 16.8 Å². The summed E-state index contributed by atoms with van der Waals surface area (Å²) < 4.78 is 5.36. The summed E-state index contributed by atoms with van der Waals surface area (Å²) >= 11 is 0. The number of nitrogens with zero attached hydrogens (tertiary/aromatic N) is 1. The molecule has 1 heterocycles. The lowest BCUT2D eigenvalue weighted by molar-refractivity contribution is -0.144. The first-order chi connectivity index (χ1) is 10.1. The first-order valence-corrected chi connectivity index (χ1v) is 7.10. The molecule has 0 fully saturated rings. The number of hydrogen-bond acceptors (Lipinski definition) is 3. The van der Waals surface area contributed by atoms with Gasteiger partial charge in [-0.3, -0.25) is 9.69 Å². The number of likely N-dealkylation sites (N-methyl/N-ethyl adjacent to an activating group) is 1. The van der Waals surface area contributed by atoms with E-state index in [1.807, 2.05) is 49.4 Å². The second-order valence-corrected chi connectivity index (χ2v) is 5.39. The molecule has 1 aromatic carbocycles. The zero-order valence-electron chi connectivity index (χ0n) is 12.5. The maximum atomic E-state index is 11.8. The fraction of sp³-hybridized carbons (Fsp3) is 0.353. The second-order valence-electron chi connectivity index (χ2n) is 5.39. The van der Waals surface area contributed by atoms with Gasteiger partial charge in [0.25, 0.3) is 0 Å². The van der Waals surface area contributed by atoms with Crippen LogP contribution in [0.5, 0.6) is 0 Å². The van der Waals surface area contributed by atoms with Gasteiger partial charge in [0, 0.05) is 6.54 Å². The highest BCUT2D eigenvalue weighted by Gasteiger charge is 2.36. The van der Waals surface area contributed by atoms with E-state index in [9.17, 15) is 9.90 Å². The fourth-order valence-electron chi connectivity index (χ4n) is 2.44. The SMILES string of the molecule is CCN(Cc1ccco1)CC(C)(C(=O)O)c1ccccc1. The molecule has 2 rings (SSSR count). The predicted octanol–water partition coefficient (Wildman–Crippen LogP) is 3.14. The highest BCUT2D eigenvalue weighted by atomic mass is 16.4. The summed E-state index contributed by atoms with van der Waals surface area (Å²) in [7, 11) is 0. The van der Waals surface area contributed by atoms with Gasteiger partial charge >= 0.3 is 5.97 Å². The molecule has 2 aromatic rings. The molecule has 112 valence electrons. The van der Waals surface area contributed by atoms with E-state index in [1.165, 1.54) is 0 Å². The standard InChI is InChI=1S/C17H21NO3/c1-3-18(12-15-10-7-11-21-15)13-17(2,16(19)20)14-8-5-4-6-9-14/h4-11H,3,12-13H2,1-2H3,(H,19,20). The Bertz CT molecular complexity index is 565. The maximum absolute atomic E-state index is 11.8. The second kappa shape index (κ2) is 6.59. The fourth-order valence-corrected chi connectivity index (χ4v) is 2.44. The summed E-state index contributed by atoms with van der Waals surface area (Å²) in [6, 6.07) is 13.1. The van der Waals surface area contributed by atoms with E-state index >= 15 is 0 Å². The van der Waals surface area contributed by atoms with Gasteiger partial charge in [-0.25, -0.2) is 0 Å². The van der Waals surface area contributed by atoms with Crippen LogP contribution in [0.4, 0.5) is 0 Å². The van der Waals surface area contributed by atoms with Crippen LogP contribution < -0.4 is 0 Å². The lowest BCUT2D eigenvalue weighted by Gasteiger charge is -2.31. The topological polar surface area (TPSA) is 53.7 Å². The minimum absolute atomic E-state index is 0.434. The van der Waals surface area contributed by atoms with Gasteiger partial charge in [-0.2, -0.15) is 0 Å². The maximum Gasteiger partial charge on any atom is 0.315 e. The zero-order chi connectivity index (χ0) is 15.3. The minimum atomic E-state index is -0.941. The molecule has 1 atom stereocenters. The summed E-state index contributed by atoms with van der Waals surface area (Å²) in [6.07, 6.45) is 1.64. The van der Waals surface area contributed by atoms with E-state index in [0.29, 0.717) is 13.1 Å². The molecule has 1 aromatic heterocycles. The number of furan rings is 1. The van der Waals surface area contributed by atoms with Crippen molar-refractivity contribution in [1.29, 1.82) is 0 Å². The van der Waals surface area contributed by atoms with Crippen LogP contribution in [0.25, 0.3) is 0 Å². The van der Waals surface area contributed by atoms with Gasteiger partial charge in [-0.1, -0.05) is 37.3 Å². The molecule has 0 amide bonds. The Kier molecular flexibility index (Phi) is 4.81. The molecule has 0 saturated heterocycles. The van der Waals surface area contributed by atoms with Crippen LogP contribution in [-0.4, -0.2) is 29.1 Å². The number of carboxylic acid groups (broad SMARTS) is 1. The minimum Gasteiger partial charge on any atom is -0.481 e. The Morgan fingerprint density at radius 1 is 1.24 bits per heavy atom. The van der Waals surface area contributed by atoms with E-state index in [-0.39, 0.29) is 0 Å². The van der Waals surface area contributed by atoms with E-state index in [2.05, 4.69) is 4.90 Å². The van der Waals surface area contributed by atoms with E-state index < -0.39 is 11.4 Å². The largest absolute Gasteiger partial charge is 0.481 e. The third-order valence-corrected chi connectivity index (χ3v) is 3.83. The van der Waals surface area contributed by atoms with Crippen LogP contribution >= 0.6 is 0 Å². The molecule has 0 aliphatic rings. The van der Waals surface area contributed by atoms with Crippen molar-refractivity contribution < 1.29 is 14.3 Å². The number of carbonyl (C=O) groups is 1. The number of benzene rings is 1. The molecule has 0 bridgehead atoms. The van der Waals surface area contributed by atoms with Crippen molar-refractivity contribution in [3.05, 3.63) is 60.1 Å². The number of hydrogen-bond donors (Lipinski definition) is 1. The van der Waals surface area contributed by atoms with Gasteiger partial charge < -0.3 is 9.52 Å². The molecule has 1 unspecified atom stereocenters. The van der Waals surface area contributed by atoms with E-state index in [4.69, 9.17) is 4.42 Å². The predicted molar refractivity (Wildman–Crippen MR) is 81.1 cm³/mol. The zero-order valence-corrected chi connectivity index (χ0v) is 12.5. The van der Waals surface area contributed by atoms with Crippen LogP contribution in [0, 0.1) is 0 Å². The van der Waals surface area contributed by atoms with E-state index in [0.717, 1.165) is 17.9 Å². The number of carboxylic acids is 1. The van der Waals surface area contributed by atoms with Gasteiger partial charge in [0.15, 0.2) is 0 Å². The van der Waals surface area contributed by atoms with Gasteiger partial charge in [0.05, 0.1) is 12.8 Å².